The van der Waals surface area contributed by atoms with Crippen molar-refractivity contribution < 1.29 is 4.79 Å². The summed E-state index contributed by atoms with van der Waals surface area (Å²) in [6, 6.07) is 14.1. The van der Waals surface area contributed by atoms with Gasteiger partial charge in [-0.15, -0.1) is 0 Å². The molecule has 0 saturated carbocycles. The summed E-state index contributed by atoms with van der Waals surface area (Å²) in [5.74, 6) is -0.156. The summed E-state index contributed by atoms with van der Waals surface area (Å²) in [4.78, 5) is 16.9. The first-order chi connectivity index (χ1) is 9.66. The van der Waals surface area contributed by atoms with Crippen LogP contribution in [0.25, 0.3) is 10.9 Å². The second kappa shape index (κ2) is 5.23. The van der Waals surface area contributed by atoms with E-state index in [2.05, 4.69) is 4.98 Å². The fourth-order valence-corrected chi connectivity index (χ4v) is 2.49. The molecule has 0 radical (unpaired) electrons. The van der Waals surface area contributed by atoms with Gasteiger partial charge in [-0.3, -0.25) is 9.78 Å². The van der Waals surface area contributed by atoms with Gasteiger partial charge in [0.05, 0.1) is 10.5 Å². The molecule has 3 aromatic rings. The Labute approximate surface area is 126 Å². The van der Waals surface area contributed by atoms with Gasteiger partial charge in [0.1, 0.15) is 0 Å². The Hall–Kier alpha value is -1.90. The quantitative estimate of drug-likeness (QED) is 0.638. The van der Waals surface area contributed by atoms with E-state index in [0.717, 1.165) is 10.9 Å². The van der Waals surface area contributed by atoms with Crippen LogP contribution in [0.1, 0.15) is 15.9 Å². The van der Waals surface area contributed by atoms with Crippen LogP contribution in [-0.2, 0) is 0 Å². The Kier molecular flexibility index (Phi) is 3.43. The lowest BCUT2D eigenvalue weighted by atomic mass is 10.00. The lowest BCUT2D eigenvalue weighted by molar-refractivity contribution is 0.104. The smallest absolute Gasteiger partial charge is 0.195 e. The van der Waals surface area contributed by atoms with Gasteiger partial charge in [-0.05, 0) is 30.3 Å². The monoisotopic (exact) mass is 301 g/mol. The molecular weight excluding hydrogens is 293 g/mol. The summed E-state index contributed by atoms with van der Waals surface area (Å²) in [7, 11) is 0. The molecule has 0 aliphatic carbocycles. The van der Waals surface area contributed by atoms with Crippen molar-refractivity contribution in [2.75, 3.05) is 0 Å². The highest BCUT2D eigenvalue weighted by Crippen LogP contribution is 2.26. The van der Waals surface area contributed by atoms with E-state index in [1.54, 1.807) is 30.5 Å². The molecule has 4 heteroatoms. The third-order valence-electron chi connectivity index (χ3n) is 3.07. The summed E-state index contributed by atoms with van der Waals surface area (Å²) in [6.07, 6.45) is 1.62. The number of para-hydroxylation sites is 1. The van der Waals surface area contributed by atoms with Crippen LogP contribution >= 0.6 is 23.2 Å². The molecule has 0 unspecified atom stereocenters. The lowest BCUT2D eigenvalue weighted by Crippen LogP contribution is -2.03. The van der Waals surface area contributed by atoms with Crippen LogP contribution in [0.4, 0.5) is 0 Å². The van der Waals surface area contributed by atoms with E-state index in [4.69, 9.17) is 23.2 Å². The molecule has 0 atom stereocenters. The summed E-state index contributed by atoms with van der Waals surface area (Å²) in [5.41, 5.74) is 1.74. The van der Waals surface area contributed by atoms with Gasteiger partial charge in [0.15, 0.2) is 5.78 Å². The molecular formula is C16H9Cl2NO. The minimum absolute atomic E-state index is 0.156. The van der Waals surface area contributed by atoms with E-state index in [1.807, 2.05) is 24.3 Å². The first kappa shape index (κ1) is 13.1. The minimum atomic E-state index is -0.156. The van der Waals surface area contributed by atoms with Gasteiger partial charge in [-0.25, -0.2) is 0 Å². The van der Waals surface area contributed by atoms with Crippen LogP contribution in [0.2, 0.25) is 10.0 Å². The number of rotatable bonds is 2. The van der Waals surface area contributed by atoms with Gasteiger partial charge in [-0.2, -0.15) is 0 Å². The highest BCUT2D eigenvalue weighted by molar-refractivity contribution is 6.37. The predicted molar refractivity (Wildman–Crippen MR) is 81.6 cm³/mol. The second-order valence-electron chi connectivity index (χ2n) is 4.33. The van der Waals surface area contributed by atoms with Crippen molar-refractivity contribution in [3.8, 4) is 0 Å². The van der Waals surface area contributed by atoms with Crippen molar-refractivity contribution in [1.29, 1.82) is 0 Å². The maximum atomic E-state index is 12.7. The van der Waals surface area contributed by atoms with E-state index in [1.165, 1.54) is 0 Å². The number of benzene rings is 2. The number of aromatic nitrogens is 1. The van der Waals surface area contributed by atoms with E-state index in [0.29, 0.717) is 21.2 Å². The summed E-state index contributed by atoms with van der Waals surface area (Å²) in [6.45, 7) is 0. The van der Waals surface area contributed by atoms with Crippen LogP contribution in [0.15, 0.2) is 54.7 Å². The Morgan fingerprint density at radius 1 is 0.950 bits per heavy atom. The zero-order valence-electron chi connectivity index (χ0n) is 10.3. The number of hydrogen-bond acceptors (Lipinski definition) is 2. The average Bonchev–Trinajstić information content (AvgIpc) is 2.48. The maximum absolute atomic E-state index is 12.7. The van der Waals surface area contributed by atoms with Crippen LogP contribution < -0.4 is 0 Å². The van der Waals surface area contributed by atoms with E-state index >= 15 is 0 Å². The second-order valence-corrected chi connectivity index (χ2v) is 5.17. The Morgan fingerprint density at radius 2 is 1.75 bits per heavy atom. The highest BCUT2D eigenvalue weighted by atomic mass is 35.5. The first-order valence-electron chi connectivity index (χ1n) is 6.00. The summed E-state index contributed by atoms with van der Waals surface area (Å²) < 4.78 is 0. The van der Waals surface area contributed by atoms with E-state index < -0.39 is 0 Å². The minimum Gasteiger partial charge on any atom is -0.289 e. The van der Waals surface area contributed by atoms with Gasteiger partial charge in [0, 0.05) is 27.7 Å². The molecule has 1 aromatic heterocycles. The number of nitrogens with zero attached hydrogens (tertiary/aromatic N) is 1. The van der Waals surface area contributed by atoms with Gasteiger partial charge in [0.2, 0.25) is 0 Å². The number of halogens is 2. The topological polar surface area (TPSA) is 30.0 Å². The van der Waals surface area contributed by atoms with E-state index in [9.17, 15) is 4.79 Å². The van der Waals surface area contributed by atoms with Gasteiger partial charge in [0.25, 0.3) is 0 Å². The molecule has 20 heavy (non-hydrogen) atoms. The zero-order valence-corrected chi connectivity index (χ0v) is 11.8. The highest BCUT2D eigenvalue weighted by Gasteiger charge is 2.16. The number of carbonyl (C=O) groups is 1. The van der Waals surface area contributed by atoms with Crippen LogP contribution in [0, 0.1) is 0 Å². The average molecular weight is 302 g/mol. The molecule has 0 bridgehead atoms. The third kappa shape index (κ3) is 2.28. The summed E-state index contributed by atoms with van der Waals surface area (Å²) >= 11 is 12.0. The molecule has 0 amide bonds. The Balaban J connectivity index is 2.20. The number of hydrogen-bond donors (Lipinski definition) is 0. The molecule has 0 N–H and O–H groups in total. The molecule has 0 fully saturated rings. The van der Waals surface area contributed by atoms with E-state index in [-0.39, 0.29) is 5.78 Å². The number of fused-ring (bicyclic) bond motifs is 1. The van der Waals surface area contributed by atoms with Crippen molar-refractivity contribution in [3.63, 3.8) is 0 Å². The zero-order chi connectivity index (χ0) is 14.1. The molecule has 0 saturated heterocycles. The molecule has 98 valence electrons. The normalized spacial score (nSPS) is 10.7. The standard InChI is InChI=1S/C16H9Cl2NO/c17-10-5-6-14(18)13(9-10)16(20)12-7-8-19-15-4-2-1-3-11(12)15/h1-9H. The number of carbonyl (C=O) groups excluding carboxylic acids is 1. The van der Waals surface area contributed by atoms with Crippen LogP contribution in [-0.4, -0.2) is 10.8 Å². The third-order valence-corrected chi connectivity index (χ3v) is 3.63. The lowest BCUT2D eigenvalue weighted by Gasteiger charge is -2.07. The Morgan fingerprint density at radius 3 is 2.60 bits per heavy atom. The van der Waals surface area contributed by atoms with Crippen LogP contribution in [0.3, 0.4) is 0 Å². The molecule has 2 nitrogen and oxygen atoms in total. The van der Waals surface area contributed by atoms with Gasteiger partial charge >= 0.3 is 0 Å². The van der Waals surface area contributed by atoms with Crippen LogP contribution in [0.5, 0.6) is 0 Å². The fourth-order valence-electron chi connectivity index (χ4n) is 2.11. The largest absolute Gasteiger partial charge is 0.289 e. The van der Waals surface area contributed by atoms with Gasteiger partial charge < -0.3 is 0 Å². The first-order valence-corrected chi connectivity index (χ1v) is 6.76. The predicted octanol–water partition coefficient (Wildman–Crippen LogP) is 4.77. The molecule has 0 aliphatic rings. The van der Waals surface area contributed by atoms with Crippen molar-refractivity contribution in [2.45, 2.75) is 0 Å². The van der Waals surface area contributed by atoms with Crippen molar-refractivity contribution in [2.24, 2.45) is 0 Å². The molecule has 0 aliphatic heterocycles. The fraction of sp³-hybridized carbons (Fsp3) is 0. The van der Waals surface area contributed by atoms with Crippen molar-refractivity contribution >= 4 is 39.9 Å². The molecule has 3 rings (SSSR count). The van der Waals surface area contributed by atoms with Gasteiger partial charge in [-0.1, -0.05) is 41.4 Å². The molecule has 0 spiro atoms. The Bertz CT molecular complexity index is 809. The maximum Gasteiger partial charge on any atom is 0.195 e. The molecule has 2 aromatic carbocycles. The number of ketones is 1. The van der Waals surface area contributed by atoms with Crippen molar-refractivity contribution in [1.82, 2.24) is 4.98 Å². The number of pyridine rings is 1. The summed E-state index contributed by atoms with van der Waals surface area (Å²) in [5, 5.41) is 1.67. The van der Waals surface area contributed by atoms with Crippen molar-refractivity contribution in [3.05, 3.63) is 75.9 Å². The SMILES string of the molecule is O=C(c1cc(Cl)ccc1Cl)c1ccnc2ccccc12. The molecule has 1 heterocycles.